The fourth-order valence-electron chi connectivity index (χ4n) is 1.46. The number of hydrogen-bond donors (Lipinski definition) is 1. The van der Waals surface area contributed by atoms with Crippen LogP contribution >= 0.6 is 11.6 Å². The van der Waals surface area contributed by atoms with E-state index in [1.165, 1.54) is 6.20 Å². The van der Waals surface area contributed by atoms with Gasteiger partial charge in [0.2, 0.25) is 0 Å². The van der Waals surface area contributed by atoms with E-state index in [9.17, 15) is 9.59 Å². The molecule has 1 N–H and O–H groups in total. The number of anilines is 1. The molecule has 0 fully saturated rings. The predicted octanol–water partition coefficient (Wildman–Crippen LogP) is 4.10. The van der Waals surface area contributed by atoms with Crippen molar-refractivity contribution in [3.63, 3.8) is 0 Å². The summed E-state index contributed by atoms with van der Waals surface area (Å²) in [5.74, 6) is -1.47. The van der Waals surface area contributed by atoms with E-state index in [0.717, 1.165) is 5.56 Å². The summed E-state index contributed by atoms with van der Waals surface area (Å²) in [5, 5.41) is 3.43. The van der Waals surface area contributed by atoms with Gasteiger partial charge in [0.25, 0.3) is 0 Å². The lowest BCUT2D eigenvalue weighted by Gasteiger charge is -2.08. The first-order valence-electron chi connectivity index (χ1n) is 7.56. The minimum absolute atomic E-state index is 0.173. The highest BCUT2D eigenvalue weighted by molar-refractivity contribution is 6.31. The minimum atomic E-state index is -0.735. The van der Waals surface area contributed by atoms with Gasteiger partial charge in [-0.2, -0.15) is 0 Å². The van der Waals surface area contributed by atoms with Crippen LogP contribution in [0.1, 0.15) is 33.3 Å². The van der Waals surface area contributed by atoms with Crippen molar-refractivity contribution in [2.45, 2.75) is 34.6 Å². The Hall–Kier alpha value is -2.01. The van der Waals surface area contributed by atoms with Crippen LogP contribution in [0, 0.1) is 6.92 Å². The van der Waals surface area contributed by atoms with Gasteiger partial charge in [0, 0.05) is 16.9 Å². The summed E-state index contributed by atoms with van der Waals surface area (Å²) in [6.07, 6.45) is 1.26. The number of rotatable bonds is 6. The molecule has 0 unspecified atom stereocenters. The minimum Gasteiger partial charge on any atom is -0.462 e. The van der Waals surface area contributed by atoms with Gasteiger partial charge < -0.3 is 14.8 Å². The van der Waals surface area contributed by atoms with Gasteiger partial charge in [-0.3, -0.25) is 0 Å². The van der Waals surface area contributed by atoms with Crippen LogP contribution in [0.3, 0.4) is 0 Å². The zero-order chi connectivity index (χ0) is 17.8. The molecule has 1 aromatic rings. The van der Waals surface area contributed by atoms with Gasteiger partial charge in [-0.25, -0.2) is 9.59 Å². The molecule has 0 saturated heterocycles. The van der Waals surface area contributed by atoms with Crippen LogP contribution in [0.15, 0.2) is 30.0 Å². The molecule has 0 saturated carbocycles. The van der Waals surface area contributed by atoms with Gasteiger partial charge in [0.15, 0.2) is 5.57 Å². The van der Waals surface area contributed by atoms with Crippen LogP contribution in [0.25, 0.3) is 0 Å². The molecule has 0 atom stereocenters. The fraction of sp³-hybridized carbons (Fsp3) is 0.412. The monoisotopic (exact) mass is 341 g/mol. The summed E-state index contributed by atoms with van der Waals surface area (Å²) < 4.78 is 9.66. The lowest BCUT2D eigenvalue weighted by molar-refractivity contribution is -0.146. The van der Waals surface area contributed by atoms with Crippen molar-refractivity contribution in [3.05, 3.63) is 40.6 Å². The van der Waals surface area contributed by atoms with Crippen molar-refractivity contribution in [1.29, 1.82) is 0 Å². The fourth-order valence-corrected chi connectivity index (χ4v) is 1.64. The van der Waals surface area contributed by atoms with E-state index < -0.39 is 11.9 Å². The van der Waals surface area contributed by atoms with Crippen molar-refractivity contribution >= 4 is 29.2 Å². The highest BCUT2D eigenvalue weighted by Gasteiger charge is 2.20. The summed E-state index contributed by atoms with van der Waals surface area (Å²) in [6.45, 7) is 9.55. The molecule has 0 aliphatic rings. The van der Waals surface area contributed by atoms with E-state index in [0.29, 0.717) is 10.7 Å². The highest BCUT2D eigenvalue weighted by Crippen LogP contribution is 2.20. The van der Waals surface area contributed by atoms with E-state index in [1.54, 1.807) is 26.0 Å². The Kier molecular flexibility index (Phi) is 10.5. The molecule has 6 heteroatoms. The summed E-state index contributed by atoms with van der Waals surface area (Å²) in [6, 6.07) is 5.31. The average Bonchev–Trinajstić information content (AvgIpc) is 2.53. The van der Waals surface area contributed by atoms with Crippen LogP contribution in [0.5, 0.6) is 0 Å². The molecule has 5 nitrogen and oxygen atoms in total. The zero-order valence-corrected chi connectivity index (χ0v) is 15.0. The number of ether oxygens (including phenoxy) is 2. The number of aryl methyl sites for hydroxylation is 1. The molecule has 0 heterocycles. The number of esters is 2. The van der Waals surface area contributed by atoms with Crippen LogP contribution in [-0.2, 0) is 19.1 Å². The second-order valence-electron chi connectivity index (χ2n) is 4.11. The van der Waals surface area contributed by atoms with E-state index in [2.05, 4.69) is 5.32 Å². The highest BCUT2D eigenvalue weighted by atomic mass is 35.5. The predicted molar refractivity (Wildman–Crippen MR) is 92.5 cm³/mol. The standard InChI is InChI=1S/C15H18ClNO4.C2H6/c1-4-20-14(18)12(15(19)21-5-2)9-17-11-7-6-10(3)13(16)8-11;1-2/h6-9,17H,4-5H2,1-3H3;1-2H3. The Balaban J connectivity index is 0.00000232. The molecule has 128 valence electrons. The third-order valence-electron chi connectivity index (χ3n) is 2.55. The third kappa shape index (κ3) is 7.19. The van der Waals surface area contributed by atoms with Crippen molar-refractivity contribution in [2.24, 2.45) is 0 Å². The van der Waals surface area contributed by atoms with Gasteiger partial charge in [-0.05, 0) is 38.5 Å². The Bertz CT molecular complexity index is 536. The average molecular weight is 342 g/mol. The normalized spacial score (nSPS) is 9.13. The number of halogens is 1. The molecule has 0 aromatic heterocycles. The largest absolute Gasteiger partial charge is 0.462 e. The van der Waals surface area contributed by atoms with Gasteiger partial charge >= 0.3 is 11.9 Å². The topological polar surface area (TPSA) is 64.6 Å². The molecule has 0 amide bonds. The number of hydrogen-bond acceptors (Lipinski definition) is 5. The van der Waals surface area contributed by atoms with Crippen LogP contribution < -0.4 is 5.32 Å². The first-order valence-corrected chi connectivity index (χ1v) is 7.94. The lowest BCUT2D eigenvalue weighted by atomic mass is 10.2. The van der Waals surface area contributed by atoms with E-state index in [1.807, 2.05) is 26.8 Å². The third-order valence-corrected chi connectivity index (χ3v) is 2.95. The van der Waals surface area contributed by atoms with E-state index in [4.69, 9.17) is 21.1 Å². The van der Waals surface area contributed by atoms with E-state index >= 15 is 0 Å². The summed E-state index contributed by atoms with van der Waals surface area (Å²) >= 11 is 6.01. The van der Waals surface area contributed by atoms with E-state index in [-0.39, 0.29) is 18.8 Å². The molecule has 0 bridgehead atoms. The molecule has 1 rings (SSSR count). The second-order valence-corrected chi connectivity index (χ2v) is 4.51. The molecule has 1 aromatic carbocycles. The van der Waals surface area contributed by atoms with Crippen molar-refractivity contribution in [3.8, 4) is 0 Å². The summed E-state index contributed by atoms with van der Waals surface area (Å²) in [5.41, 5.74) is 1.38. The molecular formula is C17H24ClNO4. The molecule has 0 aliphatic heterocycles. The van der Waals surface area contributed by atoms with Crippen LogP contribution in [0.2, 0.25) is 5.02 Å². The number of carbonyl (C=O) groups is 2. The lowest BCUT2D eigenvalue weighted by Crippen LogP contribution is -2.19. The van der Waals surface area contributed by atoms with Gasteiger partial charge in [0.05, 0.1) is 13.2 Å². The Morgan fingerprint density at radius 2 is 1.65 bits per heavy atom. The molecule has 23 heavy (non-hydrogen) atoms. The SMILES string of the molecule is CC.CCOC(=O)C(=CNc1ccc(C)c(Cl)c1)C(=O)OCC. The van der Waals surface area contributed by atoms with Gasteiger partial charge in [0.1, 0.15) is 0 Å². The van der Waals surface area contributed by atoms with Crippen molar-refractivity contribution < 1.29 is 19.1 Å². The maximum Gasteiger partial charge on any atom is 0.347 e. The first kappa shape index (κ1) is 21.0. The van der Waals surface area contributed by atoms with Crippen molar-refractivity contribution in [2.75, 3.05) is 18.5 Å². The zero-order valence-electron chi connectivity index (χ0n) is 14.2. The smallest absolute Gasteiger partial charge is 0.347 e. The van der Waals surface area contributed by atoms with Crippen LogP contribution in [0.4, 0.5) is 5.69 Å². The maximum absolute atomic E-state index is 11.7. The molecular weight excluding hydrogens is 318 g/mol. The van der Waals surface area contributed by atoms with Gasteiger partial charge in [-0.15, -0.1) is 0 Å². The Morgan fingerprint density at radius 1 is 1.13 bits per heavy atom. The molecule has 0 radical (unpaired) electrons. The molecule has 0 aliphatic carbocycles. The van der Waals surface area contributed by atoms with Crippen LogP contribution in [-0.4, -0.2) is 25.2 Å². The maximum atomic E-state index is 11.7. The first-order chi connectivity index (χ1) is 11.0. The Labute approximate surface area is 142 Å². The number of benzene rings is 1. The van der Waals surface area contributed by atoms with Gasteiger partial charge in [-0.1, -0.05) is 31.5 Å². The summed E-state index contributed by atoms with van der Waals surface area (Å²) in [4.78, 5) is 23.5. The molecule has 0 spiro atoms. The quantitative estimate of drug-likeness (QED) is 0.365. The Morgan fingerprint density at radius 3 is 2.09 bits per heavy atom. The number of carbonyl (C=O) groups excluding carboxylic acids is 2. The van der Waals surface area contributed by atoms with Crippen molar-refractivity contribution in [1.82, 2.24) is 0 Å². The second kappa shape index (κ2) is 11.5. The summed E-state index contributed by atoms with van der Waals surface area (Å²) in [7, 11) is 0. The number of nitrogens with one attached hydrogen (secondary N) is 1.